The van der Waals surface area contributed by atoms with E-state index in [0.717, 1.165) is 56.9 Å². The van der Waals surface area contributed by atoms with Crippen LogP contribution >= 0.6 is 0 Å². The van der Waals surface area contributed by atoms with Crippen LogP contribution in [0.5, 0.6) is 0 Å². The van der Waals surface area contributed by atoms with E-state index in [1.807, 2.05) is 6.08 Å². The molecule has 0 aromatic rings. The van der Waals surface area contributed by atoms with E-state index in [1.165, 1.54) is 12.5 Å². The monoisotopic (exact) mass is 509 g/mol. The molecule has 0 amide bonds. The highest BCUT2D eigenvalue weighted by molar-refractivity contribution is 6.01. The highest BCUT2D eigenvalue weighted by Gasteiger charge is 2.70. The zero-order chi connectivity index (χ0) is 27.2. The van der Waals surface area contributed by atoms with E-state index < -0.39 is 5.54 Å². The summed E-state index contributed by atoms with van der Waals surface area (Å²) in [6, 6.07) is 0. The van der Waals surface area contributed by atoms with Crippen molar-refractivity contribution < 1.29 is 19.1 Å². The molecule has 5 aliphatic carbocycles. The first-order valence-electron chi connectivity index (χ1n) is 14.7. The predicted molar refractivity (Wildman–Crippen MR) is 143 cm³/mol. The van der Waals surface area contributed by atoms with Crippen molar-refractivity contribution in [1.29, 1.82) is 0 Å². The highest BCUT2D eigenvalue weighted by Crippen LogP contribution is 2.76. The summed E-state index contributed by atoms with van der Waals surface area (Å²) in [6.45, 7) is 18.0. The predicted octanol–water partition coefficient (Wildman–Crippen LogP) is 6.99. The molecule has 8 atom stereocenters. The summed E-state index contributed by atoms with van der Waals surface area (Å²) in [7, 11) is 0. The van der Waals surface area contributed by atoms with Gasteiger partial charge in [0.1, 0.15) is 11.6 Å². The smallest absolute Gasteiger partial charge is 0.302 e. The van der Waals surface area contributed by atoms with Gasteiger partial charge in [0.05, 0.1) is 0 Å². The molecule has 0 aliphatic heterocycles. The number of esters is 1. The molecule has 0 spiro atoms. The number of nitrogens with zero attached hydrogens (tertiary/aromatic N) is 1. The van der Waals surface area contributed by atoms with Gasteiger partial charge in [0, 0.05) is 18.8 Å². The molecule has 5 rings (SSSR count). The molecule has 4 saturated carbocycles. The zero-order valence-corrected chi connectivity index (χ0v) is 24.3. The van der Waals surface area contributed by atoms with Crippen LogP contribution in [0.1, 0.15) is 113 Å². The third-order valence-corrected chi connectivity index (χ3v) is 12.9. The lowest BCUT2D eigenvalue weighted by Gasteiger charge is -2.71. The summed E-state index contributed by atoms with van der Waals surface area (Å²) in [4.78, 5) is 41.3. The van der Waals surface area contributed by atoms with Gasteiger partial charge in [-0.2, -0.15) is 4.99 Å². The minimum Gasteiger partial charge on any atom is -0.462 e. The van der Waals surface area contributed by atoms with Crippen LogP contribution in [-0.4, -0.2) is 29.5 Å². The number of aliphatic imine (C=N–C) groups is 1. The summed E-state index contributed by atoms with van der Waals surface area (Å²) in [5.74, 6) is 1.55. The maximum Gasteiger partial charge on any atom is 0.302 e. The van der Waals surface area contributed by atoms with Gasteiger partial charge in [0.2, 0.25) is 6.08 Å². The second kappa shape index (κ2) is 8.38. The average Bonchev–Trinajstić information content (AvgIpc) is 3.08. The zero-order valence-electron chi connectivity index (χ0n) is 24.3. The van der Waals surface area contributed by atoms with Crippen molar-refractivity contribution in [3.63, 3.8) is 0 Å². The van der Waals surface area contributed by atoms with Gasteiger partial charge in [-0.15, -0.1) is 0 Å². The third kappa shape index (κ3) is 3.41. The molecule has 5 heteroatoms. The lowest BCUT2D eigenvalue weighted by atomic mass is 9.33. The Morgan fingerprint density at radius 3 is 2.27 bits per heavy atom. The molecular weight excluding hydrogens is 462 g/mol. The molecule has 0 radical (unpaired) electrons. The number of Topliss-reactive ketones (excluding diaryl/α,β-unsaturated/α-hetero) is 1. The van der Waals surface area contributed by atoms with Gasteiger partial charge in [-0.3, -0.25) is 9.59 Å². The van der Waals surface area contributed by atoms with Gasteiger partial charge in [-0.05, 0) is 102 Å². The van der Waals surface area contributed by atoms with Crippen LogP contribution in [0.3, 0.4) is 0 Å². The highest BCUT2D eigenvalue weighted by atomic mass is 16.5. The molecule has 0 saturated heterocycles. The van der Waals surface area contributed by atoms with E-state index in [-0.39, 0.29) is 51.4 Å². The van der Waals surface area contributed by atoms with E-state index in [4.69, 9.17) is 4.74 Å². The van der Waals surface area contributed by atoms with Crippen LogP contribution in [-0.2, 0) is 19.1 Å². The number of allylic oxidation sites excluding steroid dienone is 1. The van der Waals surface area contributed by atoms with Crippen LogP contribution in [0.4, 0.5) is 0 Å². The Balaban J connectivity index is 1.57. The quantitative estimate of drug-likeness (QED) is 0.233. The minimum absolute atomic E-state index is 0.0147. The Kier molecular flexibility index (Phi) is 6.08. The molecule has 0 N–H and O–H groups in total. The van der Waals surface area contributed by atoms with E-state index in [9.17, 15) is 14.4 Å². The van der Waals surface area contributed by atoms with Crippen LogP contribution in [0.25, 0.3) is 0 Å². The maximum atomic E-state index is 13.3. The molecule has 37 heavy (non-hydrogen) atoms. The lowest BCUT2D eigenvalue weighted by Crippen LogP contribution is -2.66. The fourth-order valence-electron chi connectivity index (χ4n) is 11.2. The number of hydrogen-bond acceptors (Lipinski definition) is 5. The standard InChI is InChI=1S/C32H47NO4/c1-19(2)26-22(36)17-32(33-18-34)16-15-30(7)21(27(26)32)9-10-24-29(6)13-12-25(37-20(3)35)28(4,5)23(29)11-14-31(24,30)8/h19,21,23-25H,9-17H2,1-8H3/t21-,23+,24-,25+,29?,30-,31?,32-/m1/s1. The van der Waals surface area contributed by atoms with Crippen molar-refractivity contribution in [1.82, 2.24) is 0 Å². The first-order valence-corrected chi connectivity index (χ1v) is 14.7. The number of rotatable bonds is 3. The largest absolute Gasteiger partial charge is 0.462 e. The Morgan fingerprint density at radius 2 is 1.65 bits per heavy atom. The SMILES string of the molecule is CC(=O)O[C@H]1CCC2(C)[C@H]3CC[C@@H]4C5=C(C(C)C)C(=O)C[C@]5(N=C=O)CC[C@@]4(C)C3(C)CC[C@H]2C1(C)C. The van der Waals surface area contributed by atoms with Gasteiger partial charge in [-0.1, -0.05) is 48.5 Å². The molecule has 0 heterocycles. The second-order valence-electron chi connectivity index (χ2n) is 14.9. The van der Waals surface area contributed by atoms with E-state index in [0.29, 0.717) is 18.3 Å². The van der Waals surface area contributed by atoms with Crippen molar-refractivity contribution in [3.8, 4) is 0 Å². The number of fused-ring (bicyclic) bond motifs is 7. The second-order valence-corrected chi connectivity index (χ2v) is 14.9. The Hall–Kier alpha value is -1.74. The maximum absolute atomic E-state index is 13.3. The molecule has 0 aromatic carbocycles. The number of hydrogen-bond donors (Lipinski definition) is 0. The fraction of sp³-hybridized carbons (Fsp3) is 0.844. The van der Waals surface area contributed by atoms with Gasteiger partial charge >= 0.3 is 5.97 Å². The van der Waals surface area contributed by atoms with Crippen molar-refractivity contribution in [2.75, 3.05) is 0 Å². The van der Waals surface area contributed by atoms with Gasteiger partial charge in [0.25, 0.3) is 0 Å². The molecule has 5 aliphatic rings. The molecule has 2 unspecified atom stereocenters. The summed E-state index contributed by atoms with van der Waals surface area (Å²) < 4.78 is 5.87. The Bertz CT molecular complexity index is 1100. The van der Waals surface area contributed by atoms with Crippen LogP contribution in [0.2, 0.25) is 0 Å². The van der Waals surface area contributed by atoms with Crippen LogP contribution < -0.4 is 0 Å². The van der Waals surface area contributed by atoms with Crippen LogP contribution in [0.15, 0.2) is 16.1 Å². The summed E-state index contributed by atoms with van der Waals surface area (Å²) in [5, 5.41) is 0. The topological polar surface area (TPSA) is 72.8 Å². The van der Waals surface area contributed by atoms with Crippen molar-refractivity contribution in [2.24, 2.45) is 50.3 Å². The summed E-state index contributed by atoms with van der Waals surface area (Å²) in [5.41, 5.74) is 1.85. The first-order chi connectivity index (χ1) is 17.2. The third-order valence-electron chi connectivity index (χ3n) is 12.9. The van der Waals surface area contributed by atoms with E-state index in [2.05, 4.69) is 53.5 Å². The molecule has 204 valence electrons. The molecular formula is C32H47NO4. The Morgan fingerprint density at radius 1 is 0.946 bits per heavy atom. The van der Waals surface area contributed by atoms with Crippen molar-refractivity contribution in [3.05, 3.63) is 11.1 Å². The van der Waals surface area contributed by atoms with E-state index in [1.54, 1.807) is 0 Å². The lowest BCUT2D eigenvalue weighted by molar-refractivity contribution is -0.231. The minimum atomic E-state index is -0.656. The number of carbonyl (C=O) groups excluding carboxylic acids is 3. The molecule has 5 nitrogen and oxygen atoms in total. The number of carbonyl (C=O) groups is 2. The van der Waals surface area contributed by atoms with Crippen molar-refractivity contribution in [2.45, 2.75) is 125 Å². The van der Waals surface area contributed by atoms with Gasteiger partial charge in [-0.25, -0.2) is 4.79 Å². The van der Waals surface area contributed by atoms with Gasteiger partial charge in [0.15, 0.2) is 5.78 Å². The summed E-state index contributed by atoms with van der Waals surface area (Å²) in [6.07, 6.45) is 10.5. The van der Waals surface area contributed by atoms with Crippen LogP contribution in [0, 0.1) is 45.3 Å². The normalized spacial score (nSPS) is 46.4. The Labute approximate surface area is 223 Å². The average molecular weight is 510 g/mol. The number of ketones is 1. The number of ether oxygens (including phenoxy) is 1. The van der Waals surface area contributed by atoms with Crippen molar-refractivity contribution >= 4 is 17.8 Å². The first kappa shape index (κ1) is 26.9. The molecule has 4 fully saturated rings. The molecule has 0 aromatic heterocycles. The number of isocyanates is 1. The van der Waals surface area contributed by atoms with Gasteiger partial charge < -0.3 is 4.74 Å². The molecule has 0 bridgehead atoms. The van der Waals surface area contributed by atoms with E-state index >= 15 is 0 Å². The fourth-order valence-corrected chi connectivity index (χ4v) is 11.2. The summed E-state index contributed by atoms with van der Waals surface area (Å²) >= 11 is 0.